The Morgan fingerprint density at radius 2 is 2.31 bits per heavy atom. The van der Waals surface area contributed by atoms with E-state index < -0.39 is 4.92 Å². The van der Waals surface area contributed by atoms with Crippen LogP contribution in [-0.2, 0) is 0 Å². The monoisotopic (exact) mass is 224 g/mol. The summed E-state index contributed by atoms with van der Waals surface area (Å²) in [6, 6.07) is 2.92. The van der Waals surface area contributed by atoms with Gasteiger partial charge in [-0.05, 0) is 6.07 Å². The average molecular weight is 224 g/mol. The lowest BCUT2D eigenvalue weighted by Gasteiger charge is -2.39. The molecule has 0 amide bonds. The average Bonchev–Trinajstić information content (AvgIpc) is 2.15. The van der Waals surface area contributed by atoms with Crippen LogP contribution in [0.1, 0.15) is 0 Å². The Balaban J connectivity index is 2.13. The van der Waals surface area contributed by atoms with Gasteiger partial charge in [0.15, 0.2) is 0 Å². The molecule has 0 bridgehead atoms. The Morgan fingerprint density at radius 1 is 1.62 bits per heavy atom. The molecule has 86 valence electrons. The van der Waals surface area contributed by atoms with Gasteiger partial charge in [0.25, 0.3) is 0 Å². The van der Waals surface area contributed by atoms with Gasteiger partial charge in [0.1, 0.15) is 5.82 Å². The smallest absolute Gasteiger partial charge is 0.311 e. The maximum atomic E-state index is 10.5. The number of nitrogen functional groups attached to an aromatic ring is 1. The summed E-state index contributed by atoms with van der Waals surface area (Å²) in [7, 11) is 0. The lowest BCUT2D eigenvalue weighted by Crippen LogP contribution is -2.48. The van der Waals surface area contributed by atoms with Crippen molar-refractivity contribution >= 4 is 17.3 Å². The number of nitrogens with zero attached hydrogens (tertiary/aromatic N) is 3. The summed E-state index contributed by atoms with van der Waals surface area (Å²) < 4.78 is 0. The lowest BCUT2D eigenvalue weighted by molar-refractivity contribution is -0.384. The van der Waals surface area contributed by atoms with Crippen molar-refractivity contribution in [3.05, 3.63) is 22.2 Å². The quantitative estimate of drug-likeness (QED) is 0.553. The second kappa shape index (κ2) is 3.93. The van der Waals surface area contributed by atoms with E-state index in [1.54, 1.807) is 6.07 Å². The van der Waals surface area contributed by atoms with E-state index in [9.17, 15) is 10.1 Å². The molecule has 2 rings (SSSR count). The summed E-state index contributed by atoms with van der Waals surface area (Å²) in [4.78, 5) is 15.9. The third kappa shape index (κ3) is 1.76. The standard InChI is InChI=1S/C9H12N4O3/c10-9-7(13(15)16)1-2-8(11-9)12-3-6(4-12)5-14/h1-2,6,14H,3-5H2,(H2,10,11). The number of pyridine rings is 1. The van der Waals surface area contributed by atoms with Gasteiger partial charge in [0.2, 0.25) is 5.82 Å². The number of hydrogen-bond acceptors (Lipinski definition) is 6. The Morgan fingerprint density at radius 3 is 2.81 bits per heavy atom. The molecule has 1 fully saturated rings. The van der Waals surface area contributed by atoms with Crippen LogP contribution in [0.3, 0.4) is 0 Å². The van der Waals surface area contributed by atoms with Crippen LogP contribution in [0.4, 0.5) is 17.3 Å². The molecule has 0 radical (unpaired) electrons. The number of rotatable bonds is 3. The number of hydrogen-bond donors (Lipinski definition) is 2. The first-order valence-electron chi connectivity index (χ1n) is 4.88. The van der Waals surface area contributed by atoms with Crippen molar-refractivity contribution in [3.63, 3.8) is 0 Å². The van der Waals surface area contributed by atoms with E-state index in [2.05, 4.69) is 4.98 Å². The van der Waals surface area contributed by atoms with E-state index in [-0.39, 0.29) is 24.0 Å². The van der Waals surface area contributed by atoms with Crippen molar-refractivity contribution in [1.29, 1.82) is 0 Å². The van der Waals surface area contributed by atoms with Crippen molar-refractivity contribution in [1.82, 2.24) is 4.98 Å². The second-order valence-electron chi connectivity index (χ2n) is 3.78. The normalized spacial score (nSPS) is 15.9. The largest absolute Gasteiger partial charge is 0.396 e. The molecular weight excluding hydrogens is 212 g/mol. The molecule has 16 heavy (non-hydrogen) atoms. The summed E-state index contributed by atoms with van der Waals surface area (Å²) >= 11 is 0. The molecule has 7 nitrogen and oxygen atoms in total. The zero-order valence-electron chi connectivity index (χ0n) is 8.54. The predicted molar refractivity (Wildman–Crippen MR) is 58.1 cm³/mol. The highest BCUT2D eigenvalue weighted by Gasteiger charge is 2.27. The zero-order valence-corrected chi connectivity index (χ0v) is 8.54. The Kier molecular flexibility index (Phi) is 2.61. The molecule has 1 aromatic rings. The first-order valence-corrected chi connectivity index (χ1v) is 4.88. The van der Waals surface area contributed by atoms with Crippen molar-refractivity contribution in [2.24, 2.45) is 5.92 Å². The van der Waals surface area contributed by atoms with E-state index in [0.29, 0.717) is 18.9 Å². The molecule has 0 spiro atoms. The lowest BCUT2D eigenvalue weighted by atomic mass is 10.0. The van der Waals surface area contributed by atoms with Crippen molar-refractivity contribution in [3.8, 4) is 0 Å². The van der Waals surface area contributed by atoms with Gasteiger partial charge < -0.3 is 15.7 Å². The van der Waals surface area contributed by atoms with E-state index in [0.717, 1.165) is 0 Å². The zero-order chi connectivity index (χ0) is 11.7. The van der Waals surface area contributed by atoms with Crippen molar-refractivity contribution in [2.45, 2.75) is 0 Å². The molecule has 0 atom stereocenters. The van der Waals surface area contributed by atoms with Crippen LogP contribution in [0.15, 0.2) is 12.1 Å². The second-order valence-corrected chi connectivity index (χ2v) is 3.78. The van der Waals surface area contributed by atoms with Gasteiger partial charge in [0, 0.05) is 31.7 Å². The molecule has 7 heteroatoms. The van der Waals surface area contributed by atoms with Crippen LogP contribution in [0.25, 0.3) is 0 Å². The molecule has 3 N–H and O–H groups in total. The summed E-state index contributed by atoms with van der Waals surface area (Å²) in [5.74, 6) is 0.806. The van der Waals surface area contributed by atoms with Gasteiger partial charge in [-0.15, -0.1) is 0 Å². The van der Waals surface area contributed by atoms with Gasteiger partial charge in [-0.1, -0.05) is 0 Å². The number of nitrogens with two attached hydrogens (primary N) is 1. The molecule has 1 aromatic heterocycles. The third-order valence-corrected chi connectivity index (χ3v) is 2.62. The van der Waals surface area contributed by atoms with Crippen LogP contribution in [0.2, 0.25) is 0 Å². The predicted octanol–water partition coefficient (Wildman–Crippen LogP) is 0.000500. The highest BCUT2D eigenvalue weighted by Crippen LogP contribution is 2.27. The number of aromatic nitrogens is 1. The van der Waals surface area contributed by atoms with E-state index in [1.807, 2.05) is 4.90 Å². The Bertz CT molecular complexity index is 417. The summed E-state index contributed by atoms with van der Waals surface area (Å²) in [6.45, 7) is 1.57. The number of anilines is 2. The SMILES string of the molecule is Nc1nc(N2CC(CO)C2)ccc1[N+](=O)[O-]. The molecule has 0 aliphatic carbocycles. The fourth-order valence-electron chi connectivity index (χ4n) is 1.66. The molecule has 1 aliphatic heterocycles. The maximum absolute atomic E-state index is 10.5. The molecule has 0 saturated carbocycles. The van der Waals surface area contributed by atoms with Gasteiger partial charge in [-0.3, -0.25) is 10.1 Å². The maximum Gasteiger partial charge on any atom is 0.311 e. The molecule has 1 saturated heterocycles. The highest BCUT2D eigenvalue weighted by molar-refractivity contribution is 5.58. The fourth-order valence-corrected chi connectivity index (χ4v) is 1.66. The Hall–Kier alpha value is -1.89. The van der Waals surface area contributed by atoms with Gasteiger partial charge in [-0.2, -0.15) is 0 Å². The van der Waals surface area contributed by atoms with Crippen LogP contribution < -0.4 is 10.6 Å². The summed E-state index contributed by atoms with van der Waals surface area (Å²) in [5, 5.41) is 19.4. The highest BCUT2D eigenvalue weighted by atomic mass is 16.6. The van der Waals surface area contributed by atoms with Crippen LogP contribution in [0, 0.1) is 16.0 Å². The van der Waals surface area contributed by atoms with Gasteiger partial charge in [-0.25, -0.2) is 4.98 Å². The van der Waals surface area contributed by atoms with E-state index in [1.165, 1.54) is 6.07 Å². The van der Waals surface area contributed by atoms with E-state index in [4.69, 9.17) is 10.8 Å². The molecular formula is C9H12N4O3. The topological polar surface area (TPSA) is 106 Å². The minimum Gasteiger partial charge on any atom is -0.396 e. The first-order chi connectivity index (χ1) is 7.61. The molecule has 2 heterocycles. The molecule has 0 aromatic carbocycles. The fraction of sp³-hybridized carbons (Fsp3) is 0.444. The minimum absolute atomic E-state index is 0.0741. The van der Waals surface area contributed by atoms with Gasteiger partial charge >= 0.3 is 5.69 Å². The molecule has 1 aliphatic rings. The number of aliphatic hydroxyl groups excluding tert-OH is 1. The van der Waals surface area contributed by atoms with Crippen LogP contribution in [0.5, 0.6) is 0 Å². The Labute approximate surface area is 91.7 Å². The minimum atomic E-state index is -0.557. The van der Waals surface area contributed by atoms with Gasteiger partial charge in [0.05, 0.1) is 4.92 Å². The molecule has 0 unspecified atom stereocenters. The van der Waals surface area contributed by atoms with Crippen LogP contribution in [-0.4, -0.2) is 34.7 Å². The van der Waals surface area contributed by atoms with E-state index >= 15 is 0 Å². The van der Waals surface area contributed by atoms with Crippen molar-refractivity contribution in [2.75, 3.05) is 30.3 Å². The first kappa shape index (κ1) is 10.6. The third-order valence-electron chi connectivity index (χ3n) is 2.62. The van der Waals surface area contributed by atoms with Crippen molar-refractivity contribution < 1.29 is 10.0 Å². The number of nitro groups is 1. The van der Waals surface area contributed by atoms with Crippen LogP contribution >= 0.6 is 0 Å². The summed E-state index contributed by atoms with van der Waals surface area (Å²) in [5.41, 5.74) is 5.30. The number of aliphatic hydroxyl groups is 1. The summed E-state index contributed by atoms with van der Waals surface area (Å²) in [6.07, 6.45) is 0.